The maximum Gasteiger partial charge on any atom is 0.258 e. The molecule has 106 valence electrons. The Morgan fingerprint density at radius 1 is 1.19 bits per heavy atom. The van der Waals surface area contributed by atoms with Gasteiger partial charge in [0.15, 0.2) is 5.13 Å². The summed E-state index contributed by atoms with van der Waals surface area (Å²) in [6.07, 6.45) is 0. The molecular weight excluding hydrogens is 370 g/mol. The Balaban J connectivity index is 1.76. The Bertz CT molecular complexity index is 780. The van der Waals surface area contributed by atoms with Crippen LogP contribution in [-0.4, -0.2) is 10.9 Å². The second-order valence-corrected chi connectivity index (χ2v) is 7.40. The smallest absolute Gasteiger partial charge is 0.258 e. The maximum atomic E-state index is 12.0. The molecule has 0 aliphatic rings. The van der Waals surface area contributed by atoms with Crippen LogP contribution in [0.15, 0.2) is 44.9 Å². The number of anilines is 2. The molecule has 0 saturated heterocycles. The van der Waals surface area contributed by atoms with Crippen molar-refractivity contribution in [2.75, 3.05) is 11.1 Å². The van der Waals surface area contributed by atoms with Crippen LogP contribution >= 0.6 is 38.6 Å². The Morgan fingerprint density at radius 2 is 1.95 bits per heavy atom. The van der Waals surface area contributed by atoms with Crippen molar-refractivity contribution in [1.82, 2.24) is 4.98 Å². The number of aromatic nitrogens is 1. The molecule has 2 aromatic heterocycles. The number of thiazole rings is 1. The first-order valence-electron chi connectivity index (χ1n) is 5.98. The lowest BCUT2D eigenvalue weighted by atomic mass is 10.1. The fourth-order valence-electron chi connectivity index (χ4n) is 1.72. The fraction of sp³-hybridized carbons (Fsp3) is 0. The van der Waals surface area contributed by atoms with Gasteiger partial charge in [-0.15, -0.1) is 22.7 Å². The summed E-state index contributed by atoms with van der Waals surface area (Å²) in [4.78, 5) is 16.5. The Morgan fingerprint density at radius 3 is 2.62 bits per heavy atom. The summed E-state index contributed by atoms with van der Waals surface area (Å²) in [6, 6.07) is 9.26. The second kappa shape index (κ2) is 5.97. The highest BCUT2D eigenvalue weighted by Crippen LogP contribution is 2.26. The molecule has 0 saturated carbocycles. The monoisotopic (exact) mass is 379 g/mol. The number of halogens is 1. The number of rotatable bonds is 3. The summed E-state index contributed by atoms with van der Waals surface area (Å²) in [5, 5.41) is 7.09. The van der Waals surface area contributed by atoms with Crippen LogP contribution in [0, 0.1) is 0 Å². The molecule has 3 rings (SSSR count). The number of nitrogen functional groups attached to an aromatic ring is 1. The van der Waals surface area contributed by atoms with E-state index < -0.39 is 0 Å². The zero-order valence-electron chi connectivity index (χ0n) is 10.7. The molecule has 0 aliphatic heterocycles. The van der Waals surface area contributed by atoms with Gasteiger partial charge in [-0.3, -0.25) is 10.1 Å². The first-order valence-corrected chi connectivity index (χ1v) is 8.54. The molecule has 3 N–H and O–H groups in total. The lowest BCUT2D eigenvalue weighted by molar-refractivity contribution is 0.102. The molecule has 3 aromatic rings. The first-order chi connectivity index (χ1) is 10.1. The molecule has 0 fully saturated rings. The van der Waals surface area contributed by atoms with E-state index >= 15 is 0 Å². The fourth-order valence-corrected chi connectivity index (χ4v) is 3.57. The van der Waals surface area contributed by atoms with Crippen LogP contribution in [-0.2, 0) is 0 Å². The highest BCUT2D eigenvalue weighted by atomic mass is 79.9. The molecule has 0 aliphatic carbocycles. The van der Waals surface area contributed by atoms with Gasteiger partial charge in [0, 0.05) is 22.0 Å². The van der Waals surface area contributed by atoms with Crippen molar-refractivity contribution in [2.45, 2.75) is 0 Å². The van der Waals surface area contributed by atoms with E-state index in [4.69, 9.17) is 5.73 Å². The molecule has 0 unspecified atom stereocenters. The molecule has 1 amide bonds. The number of amides is 1. The van der Waals surface area contributed by atoms with E-state index in [9.17, 15) is 4.79 Å². The third-order valence-electron chi connectivity index (χ3n) is 2.76. The minimum absolute atomic E-state index is 0.157. The van der Waals surface area contributed by atoms with Gasteiger partial charge in [-0.2, -0.15) is 0 Å². The van der Waals surface area contributed by atoms with Gasteiger partial charge in [-0.1, -0.05) is 12.1 Å². The van der Waals surface area contributed by atoms with E-state index in [0.717, 1.165) is 15.0 Å². The topological polar surface area (TPSA) is 68.0 Å². The van der Waals surface area contributed by atoms with Gasteiger partial charge < -0.3 is 5.73 Å². The van der Waals surface area contributed by atoms with Crippen molar-refractivity contribution in [2.24, 2.45) is 0 Å². The van der Waals surface area contributed by atoms with Gasteiger partial charge in [0.25, 0.3) is 5.91 Å². The molecule has 0 spiro atoms. The van der Waals surface area contributed by atoms with Crippen LogP contribution in [0.3, 0.4) is 0 Å². The van der Waals surface area contributed by atoms with Gasteiger partial charge in [-0.05, 0) is 34.1 Å². The Kier molecular flexibility index (Phi) is 4.05. The van der Waals surface area contributed by atoms with Gasteiger partial charge in [0.05, 0.1) is 15.0 Å². The number of nitrogens with zero attached hydrogens (tertiary/aromatic N) is 1. The molecule has 1 aromatic carbocycles. The van der Waals surface area contributed by atoms with Crippen molar-refractivity contribution < 1.29 is 4.79 Å². The minimum atomic E-state index is -0.157. The predicted molar refractivity (Wildman–Crippen MR) is 91.9 cm³/mol. The number of carbonyl (C=O) groups excluding carboxylic acids is 1. The highest BCUT2D eigenvalue weighted by Gasteiger charge is 2.11. The van der Waals surface area contributed by atoms with Crippen LogP contribution in [0.2, 0.25) is 0 Å². The van der Waals surface area contributed by atoms with Gasteiger partial charge in [0.2, 0.25) is 0 Å². The van der Waals surface area contributed by atoms with Crippen LogP contribution in [0.4, 0.5) is 10.8 Å². The van der Waals surface area contributed by atoms with Crippen molar-refractivity contribution in [1.29, 1.82) is 0 Å². The van der Waals surface area contributed by atoms with Crippen molar-refractivity contribution in [3.63, 3.8) is 0 Å². The van der Waals surface area contributed by atoms with Gasteiger partial charge >= 0.3 is 0 Å². The number of thiophene rings is 1. The molecule has 2 heterocycles. The van der Waals surface area contributed by atoms with E-state index in [1.165, 1.54) is 22.7 Å². The van der Waals surface area contributed by atoms with Gasteiger partial charge in [-0.25, -0.2) is 4.98 Å². The van der Waals surface area contributed by atoms with Crippen LogP contribution in [0.5, 0.6) is 0 Å². The van der Waals surface area contributed by atoms with Crippen molar-refractivity contribution in [3.8, 4) is 11.3 Å². The van der Waals surface area contributed by atoms with Crippen molar-refractivity contribution >= 4 is 55.3 Å². The molecule has 4 nitrogen and oxygen atoms in total. The quantitative estimate of drug-likeness (QED) is 0.659. The zero-order valence-corrected chi connectivity index (χ0v) is 13.9. The average Bonchev–Trinajstić information content (AvgIpc) is 3.09. The Labute approximate surface area is 137 Å². The van der Waals surface area contributed by atoms with Crippen LogP contribution < -0.4 is 11.1 Å². The summed E-state index contributed by atoms with van der Waals surface area (Å²) in [5.74, 6) is -0.157. The number of hydrogen-bond acceptors (Lipinski definition) is 5. The van der Waals surface area contributed by atoms with E-state index in [2.05, 4.69) is 26.2 Å². The minimum Gasteiger partial charge on any atom is -0.399 e. The van der Waals surface area contributed by atoms with E-state index in [1.54, 1.807) is 11.4 Å². The maximum absolute atomic E-state index is 12.0. The summed E-state index contributed by atoms with van der Waals surface area (Å²) in [5.41, 5.74) is 8.79. The summed E-state index contributed by atoms with van der Waals surface area (Å²) in [7, 11) is 0. The summed E-state index contributed by atoms with van der Waals surface area (Å²) < 4.78 is 0.925. The largest absolute Gasteiger partial charge is 0.399 e. The molecular formula is C14H10BrN3OS2. The second-order valence-electron chi connectivity index (χ2n) is 4.25. The summed E-state index contributed by atoms with van der Waals surface area (Å²) >= 11 is 6.21. The number of hydrogen-bond donors (Lipinski definition) is 2. The van der Waals surface area contributed by atoms with Crippen LogP contribution in [0.1, 0.15) is 10.4 Å². The third kappa shape index (κ3) is 3.31. The Hall–Kier alpha value is -1.70. The lowest BCUT2D eigenvalue weighted by Gasteiger charge is -1.99. The van der Waals surface area contributed by atoms with E-state index in [0.29, 0.717) is 16.4 Å². The number of benzene rings is 1. The standard InChI is InChI=1S/C14H10BrN3OS2/c15-12-5-9(6-20-12)13(19)18-14-17-11(7-21-14)8-1-3-10(16)4-2-8/h1-7H,16H2,(H,17,18,19). The van der Waals surface area contributed by atoms with Crippen LogP contribution in [0.25, 0.3) is 11.3 Å². The predicted octanol–water partition coefficient (Wildman–Crippen LogP) is 4.47. The lowest BCUT2D eigenvalue weighted by Crippen LogP contribution is -2.10. The normalized spacial score (nSPS) is 10.5. The van der Waals surface area contributed by atoms with Gasteiger partial charge in [0.1, 0.15) is 0 Å². The van der Waals surface area contributed by atoms with E-state index in [1.807, 2.05) is 29.6 Å². The zero-order chi connectivity index (χ0) is 14.8. The van der Waals surface area contributed by atoms with Crippen molar-refractivity contribution in [3.05, 3.63) is 50.4 Å². The number of nitrogens with one attached hydrogen (secondary N) is 1. The number of nitrogens with two attached hydrogens (primary N) is 1. The molecule has 0 atom stereocenters. The molecule has 0 radical (unpaired) electrons. The average molecular weight is 380 g/mol. The van der Waals surface area contributed by atoms with E-state index in [-0.39, 0.29) is 5.91 Å². The molecule has 21 heavy (non-hydrogen) atoms. The molecule has 0 bridgehead atoms. The highest BCUT2D eigenvalue weighted by molar-refractivity contribution is 9.11. The summed E-state index contributed by atoms with van der Waals surface area (Å²) in [6.45, 7) is 0. The SMILES string of the molecule is Nc1ccc(-c2csc(NC(=O)c3csc(Br)c3)n2)cc1. The third-order valence-corrected chi connectivity index (χ3v) is 5.02. The first kappa shape index (κ1) is 14.2. The molecule has 7 heteroatoms. The number of carbonyl (C=O) groups is 1.